The predicted molar refractivity (Wildman–Crippen MR) is 139 cm³/mol. The zero-order chi connectivity index (χ0) is 25.8. The second-order valence-corrected chi connectivity index (χ2v) is 16.3. The van der Waals surface area contributed by atoms with Crippen LogP contribution < -0.4 is 5.43 Å². The highest BCUT2D eigenvalue weighted by Gasteiger charge is 2.45. The summed E-state index contributed by atoms with van der Waals surface area (Å²) in [5.41, 5.74) is 2.41. The molecule has 0 aliphatic heterocycles. The number of aliphatic hydroxyl groups excluding tert-OH is 1. The van der Waals surface area contributed by atoms with Crippen LogP contribution >= 0.6 is 0 Å². The van der Waals surface area contributed by atoms with Crippen molar-refractivity contribution < 1.29 is 18.7 Å². The number of hydrogen-bond acceptors (Lipinski definition) is 5. The number of carbonyl (C=O) groups is 1. The number of aliphatic hydroxyl groups is 1. The Morgan fingerprint density at radius 1 is 0.939 bits per heavy atom. The van der Waals surface area contributed by atoms with E-state index < -0.39 is 26.3 Å². The Hall–Kier alpha value is -1.24. The van der Waals surface area contributed by atoms with Crippen molar-refractivity contribution in [2.45, 2.75) is 118 Å². The summed E-state index contributed by atoms with van der Waals surface area (Å²) in [6.07, 6.45) is -0.343. The topological polar surface area (TPSA) is 76.7 Å². The molecular weight excluding hydrogens is 432 g/mol. The summed E-state index contributed by atoms with van der Waals surface area (Å²) < 4.78 is 12.6. The summed E-state index contributed by atoms with van der Waals surface area (Å²) in [6, 6.07) is 0. The van der Waals surface area contributed by atoms with Crippen LogP contribution in [-0.4, -0.2) is 31.9 Å². The second-order valence-electron chi connectivity index (χ2n) is 10.8. The van der Waals surface area contributed by atoms with E-state index in [2.05, 4.69) is 41.5 Å². The van der Waals surface area contributed by atoms with Crippen molar-refractivity contribution in [3.05, 3.63) is 32.9 Å². The van der Waals surface area contributed by atoms with Gasteiger partial charge in [-0.2, -0.15) is 0 Å². The van der Waals surface area contributed by atoms with Crippen molar-refractivity contribution in [3.63, 3.8) is 0 Å². The highest BCUT2D eigenvalue weighted by Crippen LogP contribution is 2.42. The lowest BCUT2D eigenvalue weighted by atomic mass is 9.84. The molecule has 0 saturated carbocycles. The van der Waals surface area contributed by atoms with E-state index in [4.69, 9.17) is 8.84 Å². The molecule has 5 nitrogen and oxygen atoms in total. The van der Waals surface area contributed by atoms with Crippen LogP contribution in [0, 0.1) is 25.7 Å². The number of carbonyl (C=O) groups excluding carboxylic acids is 1. The average Bonchev–Trinajstić information content (AvgIpc) is 2.75. The fourth-order valence-electron chi connectivity index (χ4n) is 5.63. The normalized spacial score (nSPS) is 16.4. The van der Waals surface area contributed by atoms with Crippen LogP contribution in [0.2, 0.25) is 16.6 Å². The smallest absolute Gasteiger partial charge is 0.200 e. The fraction of sp³-hybridized carbons (Fsp3) is 0.778. The molecule has 0 amide bonds. The molecule has 0 spiro atoms. The van der Waals surface area contributed by atoms with Crippen molar-refractivity contribution in [3.8, 4) is 0 Å². The van der Waals surface area contributed by atoms with E-state index >= 15 is 0 Å². The van der Waals surface area contributed by atoms with Gasteiger partial charge >= 0.3 is 0 Å². The highest BCUT2D eigenvalue weighted by atomic mass is 28.4. The van der Waals surface area contributed by atoms with Gasteiger partial charge in [0, 0.05) is 41.9 Å². The van der Waals surface area contributed by atoms with E-state index in [1.807, 2.05) is 20.8 Å². The van der Waals surface area contributed by atoms with Gasteiger partial charge in [-0.1, -0.05) is 69.2 Å². The van der Waals surface area contributed by atoms with Gasteiger partial charge in [0.2, 0.25) is 0 Å². The van der Waals surface area contributed by atoms with Gasteiger partial charge in [0.05, 0.1) is 6.10 Å². The quantitative estimate of drug-likeness (QED) is 0.354. The zero-order valence-corrected chi connectivity index (χ0v) is 24.0. The molecule has 1 N–H and O–H groups in total. The van der Waals surface area contributed by atoms with Crippen LogP contribution in [0.1, 0.15) is 97.8 Å². The molecule has 4 atom stereocenters. The Balaban J connectivity index is 3.06. The third-order valence-corrected chi connectivity index (χ3v) is 13.8. The van der Waals surface area contributed by atoms with Crippen LogP contribution in [0.15, 0.2) is 9.21 Å². The molecule has 0 unspecified atom stereocenters. The van der Waals surface area contributed by atoms with E-state index in [0.717, 1.165) is 0 Å². The van der Waals surface area contributed by atoms with E-state index in [0.29, 0.717) is 52.3 Å². The average molecular weight is 481 g/mol. The predicted octanol–water partition coefficient (Wildman–Crippen LogP) is 6.32. The molecule has 1 rings (SSSR count). The zero-order valence-electron chi connectivity index (χ0n) is 23.0. The standard InChI is InChI=1S/C27H48O5Si/c1-13-23-19(9)25(29)21(11)27(32-23)22(12)26(30)20(10)24(28)18(8)14-31-33(15(2)3,16(4)5)17(6)7/h15-18,20,22,26,30H,13-14H2,1-12H3/t18-,20-,22+,26+/m0/s1. The SMILES string of the molecule is CCc1oc([C@H](C)[C@H](O)[C@@H](C)C(=O)[C@@H](C)CO[Si](C(C)C)(C(C)C)C(C)C)c(C)c(=O)c1C. The Morgan fingerprint density at radius 3 is 1.85 bits per heavy atom. The first-order valence-electron chi connectivity index (χ1n) is 12.6. The summed E-state index contributed by atoms with van der Waals surface area (Å²) in [5.74, 6) is -0.283. The van der Waals surface area contributed by atoms with E-state index in [1.165, 1.54) is 0 Å². The Morgan fingerprint density at radius 2 is 1.42 bits per heavy atom. The molecule has 0 radical (unpaired) electrons. The van der Waals surface area contributed by atoms with Gasteiger partial charge in [-0.15, -0.1) is 0 Å². The van der Waals surface area contributed by atoms with Gasteiger partial charge in [0.25, 0.3) is 0 Å². The number of hydrogen-bond donors (Lipinski definition) is 1. The number of ketones is 1. The lowest BCUT2D eigenvalue weighted by molar-refractivity contribution is -0.130. The highest BCUT2D eigenvalue weighted by molar-refractivity contribution is 6.77. The third-order valence-electron chi connectivity index (χ3n) is 7.69. The van der Waals surface area contributed by atoms with Crippen molar-refractivity contribution >= 4 is 14.1 Å². The van der Waals surface area contributed by atoms with Crippen molar-refractivity contribution in [2.24, 2.45) is 11.8 Å². The molecule has 6 heteroatoms. The van der Waals surface area contributed by atoms with E-state index in [-0.39, 0.29) is 17.1 Å². The molecule has 190 valence electrons. The summed E-state index contributed by atoms with van der Waals surface area (Å²) in [6.45, 7) is 24.7. The lowest BCUT2D eigenvalue weighted by Gasteiger charge is -2.42. The minimum absolute atomic E-state index is 0.0173. The summed E-state index contributed by atoms with van der Waals surface area (Å²) in [4.78, 5) is 25.9. The summed E-state index contributed by atoms with van der Waals surface area (Å²) in [7, 11) is -2.07. The molecular formula is C27H48O5Si. The van der Waals surface area contributed by atoms with Crippen LogP contribution in [0.3, 0.4) is 0 Å². The van der Waals surface area contributed by atoms with Crippen LogP contribution in [0.4, 0.5) is 0 Å². The molecule has 0 aromatic carbocycles. The summed E-state index contributed by atoms with van der Waals surface area (Å²) in [5, 5.41) is 11.1. The van der Waals surface area contributed by atoms with Crippen LogP contribution in [0.25, 0.3) is 0 Å². The Bertz CT molecular complexity index is 833. The first-order valence-corrected chi connectivity index (χ1v) is 14.8. The van der Waals surface area contributed by atoms with Crippen LogP contribution in [0.5, 0.6) is 0 Å². The maximum atomic E-state index is 13.3. The number of aryl methyl sites for hydroxylation is 1. The number of Topliss-reactive ketones (excluding diaryl/α,β-unsaturated/α-hetero) is 1. The lowest BCUT2D eigenvalue weighted by Crippen LogP contribution is -2.49. The fourth-order valence-corrected chi connectivity index (χ4v) is 11.2. The van der Waals surface area contributed by atoms with Crippen LogP contribution in [-0.2, 0) is 15.6 Å². The Kier molecular flexibility index (Phi) is 10.8. The van der Waals surface area contributed by atoms with Gasteiger partial charge in [-0.05, 0) is 30.5 Å². The van der Waals surface area contributed by atoms with E-state index in [1.54, 1.807) is 20.8 Å². The molecule has 0 bridgehead atoms. The molecule has 1 aromatic heterocycles. The van der Waals surface area contributed by atoms with Gasteiger partial charge in [-0.25, -0.2) is 0 Å². The Labute approximate surface area is 202 Å². The molecule has 0 fully saturated rings. The van der Waals surface area contributed by atoms with Gasteiger partial charge in [-0.3, -0.25) is 9.59 Å². The largest absolute Gasteiger partial charge is 0.465 e. The summed E-state index contributed by atoms with van der Waals surface area (Å²) >= 11 is 0. The van der Waals surface area contributed by atoms with Gasteiger partial charge in [0.15, 0.2) is 13.7 Å². The monoisotopic (exact) mass is 480 g/mol. The maximum Gasteiger partial charge on any atom is 0.200 e. The van der Waals surface area contributed by atoms with Crippen molar-refractivity contribution in [2.75, 3.05) is 6.61 Å². The minimum Gasteiger partial charge on any atom is -0.465 e. The molecule has 0 aliphatic carbocycles. The van der Waals surface area contributed by atoms with Crippen molar-refractivity contribution in [1.29, 1.82) is 0 Å². The maximum absolute atomic E-state index is 13.3. The first-order chi connectivity index (χ1) is 15.1. The molecule has 0 aliphatic rings. The minimum atomic E-state index is -2.07. The van der Waals surface area contributed by atoms with Crippen molar-refractivity contribution in [1.82, 2.24) is 0 Å². The van der Waals surface area contributed by atoms with Gasteiger partial charge < -0.3 is 13.9 Å². The number of rotatable bonds is 12. The third kappa shape index (κ3) is 6.07. The first kappa shape index (κ1) is 29.8. The molecule has 33 heavy (non-hydrogen) atoms. The molecule has 1 aromatic rings. The second kappa shape index (κ2) is 11.9. The van der Waals surface area contributed by atoms with E-state index in [9.17, 15) is 14.7 Å². The molecule has 1 heterocycles. The van der Waals surface area contributed by atoms with Gasteiger partial charge in [0.1, 0.15) is 17.3 Å². The molecule has 0 saturated heterocycles.